The number of rotatable bonds is 1. The SMILES string of the molecule is C#Cc1cccc(-c2c(F)c(F)c(F)c(F)c2F)c1. The standard InChI is InChI=1S/C14H5F5/c1-2-7-4-3-5-8(6-7)9-10(15)12(17)14(19)13(18)11(9)16/h1,3-6H. The fourth-order valence-corrected chi connectivity index (χ4v) is 1.62. The van der Waals surface area contributed by atoms with Crippen molar-refractivity contribution in [1.29, 1.82) is 0 Å². The zero-order valence-corrected chi connectivity index (χ0v) is 9.28. The maximum Gasteiger partial charge on any atom is 0.200 e. The van der Waals surface area contributed by atoms with Crippen molar-refractivity contribution in [2.45, 2.75) is 0 Å². The van der Waals surface area contributed by atoms with Crippen LogP contribution >= 0.6 is 0 Å². The van der Waals surface area contributed by atoms with Crippen molar-refractivity contribution in [1.82, 2.24) is 0 Å². The van der Waals surface area contributed by atoms with Crippen LogP contribution in [0.2, 0.25) is 0 Å². The fourth-order valence-electron chi connectivity index (χ4n) is 1.62. The van der Waals surface area contributed by atoms with E-state index in [2.05, 4.69) is 5.92 Å². The van der Waals surface area contributed by atoms with E-state index in [-0.39, 0.29) is 11.1 Å². The summed E-state index contributed by atoms with van der Waals surface area (Å²) < 4.78 is 66.1. The minimum absolute atomic E-state index is 0.178. The van der Waals surface area contributed by atoms with Crippen LogP contribution in [-0.4, -0.2) is 0 Å². The lowest BCUT2D eigenvalue weighted by molar-refractivity contribution is 0.381. The molecule has 0 amide bonds. The number of halogens is 5. The molecule has 19 heavy (non-hydrogen) atoms. The van der Waals surface area contributed by atoms with Crippen molar-refractivity contribution in [3.05, 3.63) is 58.9 Å². The highest BCUT2D eigenvalue weighted by atomic mass is 19.2. The largest absolute Gasteiger partial charge is 0.203 e. The molecule has 0 fully saturated rings. The maximum absolute atomic E-state index is 13.6. The average Bonchev–Trinajstić information content (AvgIpc) is 2.43. The Bertz CT molecular complexity index is 669. The average molecular weight is 268 g/mol. The molecule has 0 spiro atoms. The molecule has 0 aliphatic carbocycles. The first-order valence-corrected chi connectivity index (χ1v) is 5.05. The molecule has 0 aromatic heterocycles. The van der Waals surface area contributed by atoms with Crippen LogP contribution in [-0.2, 0) is 0 Å². The Balaban J connectivity index is 2.79. The van der Waals surface area contributed by atoms with E-state index in [1.807, 2.05) is 0 Å². The van der Waals surface area contributed by atoms with Crippen molar-refractivity contribution < 1.29 is 22.0 Å². The van der Waals surface area contributed by atoms with E-state index >= 15 is 0 Å². The molecule has 0 nitrogen and oxygen atoms in total. The summed E-state index contributed by atoms with van der Waals surface area (Å²) in [5.74, 6) is -7.72. The van der Waals surface area contributed by atoms with Crippen LogP contribution in [0.1, 0.15) is 5.56 Å². The Labute approximate surface area is 105 Å². The number of terminal acetylenes is 1. The molecule has 5 heteroatoms. The predicted octanol–water partition coefficient (Wildman–Crippen LogP) is 4.03. The van der Waals surface area contributed by atoms with Gasteiger partial charge in [-0.1, -0.05) is 18.1 Å². The molecular weight excluding hydrogens is 263 g/mol. The van der Waals surface area contributed by atoms with Crippen LogP contribution < -0.4 is 0 Å². The molecule has 2 rings (SSSR count). The van der Waals surface area contributed by atoms with Crippen LogP contribution in [0, 0.1) is 41.4 Å². The van der Waals surface area contributed by atoms with E-state index in [0.29, 0.717) is 0 Å². The lowest BCUT2D eigenvalue weighted by atomic mass is 10.0. The normalized spacial score (nSPS) is 10.3. The van der Waals surface area contributed by atoms with Gasteiger partial charge in [-0.25, -0.2) is 22.0 Å². The van der Waals surface area contributed by atoms with Gasteiger partial charge in [-0.05, 0) is 17.7 Å². The molecule has 2 aromatic rings. The Morgan fingerprint density at radius 2 is 1.32 bits per heavy atom. The van der Waals surface area contributed by atoms with Gasteiger partial charge in [0.25, 0.3) is 0 Å². The molecule has 0 N–H and O–H groups in total. The van der Waals surface area contributed by atoms with Gasteiger partial charge in [0.05, 0.1) is 5.56 Å². The van der Waals surface area contributed by atoms with Crippen LogP contribution in [0.4, 0.5) is 22.0 Å². The third-order valence-corrected chi connectivity index (χ3v) is 2.53. The Hall–Kier alpha value is -2.35. The van der Waals surface area contributed by atoms with E-state index in [4.69, 9.17) is 6.42 Å². The molecule has 2 aromatic carbocycles. The summed E-state index contributed by atoms with van der Waals surface area (Å²) >= 11 is 0. The van der Waals surface area contributed by atoms with Gasteiger partial charge in [0.2, 0.25) is 5.82 Å². The molecule has 0 radical (unpaired) electrons. The predicted molar refractivity (Wildman–Crippen MR) is 59.6 cm³/mol. The molecule has 0 heterocycles. The van der Waals surface area contributed by atoms with E-state index < -0.39 is 34.6 Å². The molecule has 0 bridgehead atoms. The summed E-state index contributed by atoms with van der Waals surface area (Å²) in [6, 6.07) is 5.20. The molecule has 96 valence electrons. The van der Waals surface area contributed by atoms with Crippen LogP contribution in [0.5, 0.6) is 0 Å². The summed E-state index contributed by atoms with van der Waals surface area (Å²) in [7, 11) is 0. The van der Waals surface area contributed by atoms with Crippen molar-refractivity contribution in [2.24, 2.45) is 0 Å². The first kappa shape index (κ1) is 13.1. The molecule has 0 aliphatic rings. The Morgan fingerprint density at radius 1 is 0.789 bits per heavy atom. The quantitative estimate of drug-likeness (QED) is 0.317. The fraction of sp³-hybridized carbons (Fsp3) is 0. The van der Waals surface area contributed by atoms with Gasteiger partial charge < -0.3 is 0 Å². The highest BCUT2D eigenvalue weighted by Crippen LogP contribution is 2.31. The molecule has 0 unspecified atom stereocenters. The van der Waals surface area contributed by atoms with Gasteiger partial charge in [-0.3, -0.25) is 0 Å². The van der Waals surface area contributed by atoms with Crippen molar-refractivity contribution in [3.63, 3.8) is 0 Å². The van der Waals surface area contributed by atoms with Crippen molar-refractivity contribution >= 4 is 0 Å². The van der Waals surface area contributed by atoms with Gasteiger partial charge >= 0.3 is 0 Å². The van der Waals surface area contributed by atoms with Crippen LogP contribution in [0.15, 0.2) is 24.3 Å². The number of hydrogen-bond donors (Lipinski definition) is 0. The second kappa shape index (κ2) is 4.73. The minimum Gasteiger partial charge on any atom is -0.203 e. The summed E-state index contributed by atoms with van der Waals surface area (Å²) in [4.78, 5) is 0. The Kier molecular flexibility index (Phi) is 3.26. The molecule has 0 saturated heterocycles. The van der Waals surface area contributed by atoms with E-state index in [1.165, 1.54) is 18.2 Å². The second-order valence-electron chi connectivity index (χ2n) is 3.67. The molecule has 0 saturated carbocycles. The first-order valence-electron chi connectivity index (χ1n) is 5.05. The van der Waals surface area contributed by atoms with Gasteiger partial charge in [-0.15, -0.1) is 6.42 Å². The molecular formula is C14H5F5. The lowest BCUT2D eigenvalue weighted by Crippen LogP contribution is -2.04. The van der Waals surface area contributed by atoms with E-state index in [1.54, 1.807) is 0 Å². The number of hydrogen-bond acceptors (Lipinski definition) is 0. The summed E-state index contributed by atoms with van der Waals surface area (Å²) in [6.45, 7) is 0. The summed E-state index contributed by atoms with van der Waals surface area (Å²) in [5, 5.41) is 0. The van der Waals surface area contributed by atoms with Crippen molar-refractivity contribution in [3.8, 4) is 23.5 Å². The molecule has 0 atom stereocenters. The topological polar surface area (TPSA) is 0 Å². The highest BCUT2D eigenvalue weighted by molar-refractivity contribution is 5.67. The zero-order valence-electron chi connectivity index (χ0n) is 9.28. The van der Waals surface area contributed by atoms with Crippen LogP contribution in [0.3, 0.4) is 0 Å². The highest BCUT2D eigenvalue weighted by Gasteiger charge is 2.26. The number of benzene rings is 2. The monoisotopic (exact) mass is 268 g/mol. The zero-order chi connectivity index (χ0) is 14.2. The summed E-state index contributed by atoms with van der Waals surface area (Å²) in [6.07, 6.45) is 5.11. The maximum atomic E-state index is 13.6. The Morgan fingerprint density at radius 3 is 1.84 bits per heavy atom. The lowest BCUT2D eigenvalue weighted by Gasteiger charge is -2.08. The van der Waals surface area contributed by atoms with Gasteiger partial charge in [0, 0.05) is 5.56 Å². The second-order valence-corrected chi connectivity index (χ2v) is 3.67. The van der Waals surface area contributed by atoms with Crippen molar-refractivity contribution in [2.75, 3.05) is 0 Å². The van der Waals surface area contributed by atoms with Crippen LogP contribution in [0.25, 0.3) is 11.1 Å². The van der Waals surface area contributed by atoms with Gasteiger partial charge in [-0.2, -0.15) is 0 Å². The van der Waals surface area contributed by atoms with Gasteiger partial charge in [0.1, 0.15) is 0 Å². The third-order valence-electron chi connectivity index (χ3n) is 2.53. The summed E-state index contributed by atoms with van der Waals surface area (Å²) in [5.41, 5.74) is -0.904. The first-order chi connectivity index (χ1) is 8.97. The third kappa shape index (κ3) is 2.06. The molecule has 0 aliphatic heterocycles. The minimum atomic E-state index is -2.19. The van der Waals surface area contributed by atoms with E-state index in [0.717, 1.165) is 6.07 Å². The van der Waals surface area contributed by atoms with Gasteiger partial charge in [0.15, 0.2) is 23.3 Å². The van der Waals surface area contributed by atoms with E-state index in [9.17, 15) is 22.0 Å². The smallest absolute Gasteiger partial charge is 0.200 e.